The first-order chi connectivity index (χ1) is 17.4. The Balaban J connectivity index is 1.59. The number of hydrazone groups is 1. The zero-order valence-electron chi connectivity index (χ0n) is 19.0. The quantitative estimate of drug-likeness (QED) is 0.136. The highest BCUT2D eigenvalue weighted by atomic mass is 127. The van der Waals surface area contributed by atoms with Crippen molar-refractivity contribution in [1.82, 2.24) is 10.7 Å². The highest BCUT2D eigenvalue weighted by Crippen LogP contribution is 2.34. The normalized spacial score (nSPS) is 10.6. The van der Waals surface area contributed by atoms with E-state index in [1.807, 2.05) is 29.5 Å². The minimum Gasteiger partial charge on any atom is -0.490 e. The number of hydrogen-bond acceptors (Lipinski definition) is 7. The summed E-state index contributed by atoms with van der Waals surface area (Å²) in [5, 5.41) is 9.35. The molecule has 3 N–H and O–H groups in total. The zero-order valence-corrected chi connectivity index (χ0v) is 22.0. The third-order valence-electron chi connectivity index (χ3n) is 4.42. The smallest absolute Gasteiger partial charge is 0.329 e. The van der Waals surface area contributed by atoms with Gasteiger partial charge in [-0.3, -0.25) is 14.4 Å². The van der Waals surface area contributed by atoms with Gasteiger partial charge < -0.3 is 24.5 Å². The van der Waals surface area contributed by atoms with Gasteiger partial charge in [0, 0.05) is 0 Å². The van der Waals surface area contributed by atoms with Crippen LogP contribution in [-0.2, 0) is 20.9 Å². The summed E-state index contributed by atoms with van der Waals surface area (Å²) in [5.41, 5.74) is 3.22. The van der Waals surface area contributed by atoms with Crippen LogP contribution in [0.1, 0.15) is 18.2 Å². The summed E-state index contributed by atoms with van der Waals surface area (Å²) in [6.45, 7) is 1.98. The van der Waals surface area contributed by atoms with Crippen molar-refractivity contribution in [2.45, 2.75) is 13.5 Å². The molecule has 188 valence electrons. The van der Waals surface area contributed by atoms with Gasteiger partial charge in [0.15, 0.2) is 18.1 Å². The van der Waals surface area contributed by atoms with Gasteiger partial charge in [-0.25, -0.2) is 5.43 Å². The third-order valence-corrected chi connectivity index (χ3v) is 5.55. The number of rotatable bonds is 10. The van der Waals surface area contributed by atoms with Crippen molar-refractivity contribution >= 4 is 63.8 Å². The van der Waals surface area contributed by atoms with Crippen molar-refractivity contribution in [3.8, 4) is 11.5 Å². The molecule has 0 bridgehead atoms. The molecule has 1 aromatic heterocycles. The molecule has 0 unspecified atom stereocenters. The van der Waals surface area contributed by atoms with E-state index in [1.165, 1.54) is 12.5 Å². The van der Waals surface area contributed by atoms with Crippen LogP contribution in [-0.4, -0.2) is 37.1 Å². The van der Waals surface area contributed by atoms with Crippen LogP contribution < -0.4 is 25.5 Å². The van der Waals surface area contributed by atoms with E-state index in [0.717, 1.165) is 0 Å². The van der Waals surface area contributed by atoms with E-state index in [-0.39, 0.29) is 19.1 Å². The molecule has 0 saturated carbocycles. The second kappa shape index (κ2) is 13.5. The number of para-hydroxylation sites is 1. The lowest BCUT2D eigenvalue weighted by Gasteiger charge is -2.15. The van der Waals surface area contributed by atoms with E-state index in [0.29, 0.717) is 43.7 Å². The number of amides is 3. The summed E-state index contributed by atoms with van der Waals surface area (Å²) in [4.78, 5) is 36.1. The van der Waals surface area contributed by atoms with Crippen LogP contribution in [0.2, 0.25) is 5.02 Å². The van der Waals surface area contributed by atoms with Crippen LogP contribution in [0.15, 0.2) is 64.3 Å². The average Bonchev–Trinajstić information content (AvgIpc) is 3.37. The van der Waals surface area contributed by atoms with Crippen LogP contribution in [0.4, 0.5) is 5.69 Å². The molecule has 0 spiro atoms. The largest absolute Gasteiger partial charge is 0.490 e. The Morgan fingerprint density at radius 1 is 1.11 bits per heavy atom. The van der Waals surface area contributed by atoms with Crippen molar-refractivity contribution in [1.29, 1.82) is 0 Å². The first-order valence-electron chi connectivity index (χ1n) is 10.6. The molecule has 1 heterocycles. The Labute approximate surface area is 225 Å². The molecule has 0 radical (unpaired) electrons. The molecule has 10 nitrogen and oxygen atoms in total. The number of benzene rings is 2. The molecule has 3 rings (SSSR count). The van der Waals surface area contributed by atoms with Gasteiger partial charge in [0.1, 0.15) is 5.76 Å². The molecular weight excluding hydrogens is 603 g/mol. The van der Waals surface area contributed by atoms with E-state index in [9.17, 15) is 14.4 Å². The van der Waals surface area contributed by atoms with Crippen LogP contribution in [0.5, 0.6) is 11.5 Å². The molecule has 36 heavy (non-hydrogen) atoms. The fraction of sp³-hybridized carbons (Fsp3) is 0.167. The number of furan rings is 1. The van der Waals surface area contributed by atoms with E-state index in [4.69, 9.17) is 25.5 Å². The third kappa shape index (κ3) is 7.99. The average molecular weight is 625 g/mol. The van der Waals surface area contributed by atoms with E-state index in [2.05, 4.69) is 21.2 Å². The molecule has 0 aliphatic rings. The van der Waals surface area contributed by atoms with Crippen LogP contribution in [0.25, 0.3) is 0 Å². The van der Waals surface area contributed by atoms with Crippen LogP contribution in [0.3, 0.4) is 0 Å². The summed E-state index contributed by atoms with van der Waals surface area (Å²) in [6, 6.07) is 13.6. The van der Waals surface area contributed by atoms with Crippen molar-refractivity contribution in [3.05, 3.63) is 74.7 Å². The number of anilines is 1. The van der Waals surface area contributed by atoms with Crippen molar-refractivity contribution in [2.24, 2.45) is 5.10 Å². The van der Waals surface area contributed by atoms with Gasteiger partial charge in [0.2, 0.25) is 0 Å². The molecule has 3 aromatic rings. The Bertz CT molecular complexity index is 1250. The SMILES string of the molecule is CCOc1cc(/C=N\NC(=O)C(=O)NCc2ccco2)cc(I)c1OCC(=O)Nc1ccccc1Cl. The molecule has 3 amide bonds. The fourth-order valence-electron chi connectivity index (χ4n) is 2.83. The predicted molar refractivity (Wildman–Crippen MR) is 142 cm³/mol. The van der Waals surface area contributed by atoms with Gasteiger partial charge in [-0.2, -0.15) is 5.10 Å². The van der Waals surface area contributed by atoms with Crippen molar-refractivity contribution in [2.75, 3.05) is 18.5 Å². The Morgan fingerprint density at radius 2 is 1.92 bits per heavy atom. The lowest BCUT2D eigenvalue weighted by atomic mass is 10.2. The minimum absolute atomic E-state index is 0.0801. The fourth-order valence-corrected chi connectivity index (χ4v) is 3.79. The van der Waals surface area contributed by atoms with Crippen molar-refractivity contribution < 1.29 is 28.3 Å². The number of ether oxygens (including phenoxy) is 2. The lowest BCUT2D eigenvalue weighted by molar-refractivity contribution is -0.139. The minimum atomic E-state index is -0.929. The van der Waals surface area contributed by atoms with Crippen LogP contribution in [0, 0.1) is 3.57 Å². The molecule has 12 heteroatoms. The summed E-state index contributed by atoms with van der Waals surface area (Å²) in [6.07, 6.45) is 2.83. The van der Waals surface area contributed by atoms with E-state index < -0.39 is 11.8 Å². The highest BCUT2D eigenvalue weighted by Gasteiger charge is 2.15. The Hall–Kier alpha value is -3.58. The Morgan fingerprint density at radius 3 is 2.64 bits per heavy atom. The van der Waals surface area contributed by atoms with E-state index >= 15 is 0 Å². The summed E-state index contributed by atoms with van der Waals surface area (Å²) in [7, 11) is 0. The van der Waals surface area contributed by atoms with Gasteiger partial charge in [0.05, 0.1) is 39.9 Å². The maximum atomic E-state index is 12.3. The number of nitrogens with one attached hydrogen (secondary N) is 3. The first-order valence-corrected chi connectivity index (χ1v) is 12.1. The van der Waals surface area contributed by atoms with Gasteiger partial charge >= 0.3 is 11.8 Å². The molecule has 2 aromatic carbocycles. The number of nitrogens with zero attached hydrogens (tertiary/aromatic N) is 1. The maximum Gasteiger partial charge on any atom is 0.329 e. The molecule has 0 fully saturated rings. The molecule has 0 aliphatic heterocycles. The summed E-state index contributed by atoms with van der Waals surface area (Å²) >= 11 is 8.11. The van der Waals surface area contributed by atoms with Gasteiger partial charge in [0.25, 0.3) is 5.91 Å². The number of hydrogen-bond donors (Lipinski definition) is 3. The Kier molecular flexibility index (Phi) is 10.1. The number of carbonyl (C=O) groups is 3. The number of halogens is 2. The maximum absolute atomic E-state index is 12.3. The molecule has 0 aliphatic carbocycles. The van der Waals surface area contributed by atoms with Gasteiger partial charge in [-0.05, 0) is 71.5 Å². The van der Waals surface area contributed by atoms with Crippen LogP contribution >= 0.6 is 34.2 Å². The lowest BCUT2D eigenvalue weighted by Crippen LogP contribution is -2.37. The second-order valence-corrected chi connectivity index (χ2v) is 8.61. The predicted octanol–water partition coefficient (Wildman–Crippen LogP) is 3.72. The molecule has 0 atom stereocenters. The van der Waals surface area contributed by atoms with Gasteiger partial charge in [-0.15, -0.1) is 0 Å². The van der Waals surface area contributed by atoms with Gasteiger partial charge in [-0.1, -0.05) is 23.7 Å². The van der Waals surface area contributed by atoms with E-state index in [1.54, 1.807) is 48.5 Å². The summed E-state index contributed by atoms with van der Waals surface area (Å²) in [5.74, 6) is -0.889. The topological polar surface area (TPSA) is 131 Å². The summed E-state index contributed by atoms with van der Waals surface area (Å²) < 4.78 is 17.1. The molecular formula is C24H22ClIN4O6. The second-order valence-electron chi connectivity index (χ2n) is 7.04. The van der Waals surface area contributed by atoms with Crippen molar-refractivity contribution in [3.63, 3.8) is 0 Å². The monoisotopic (exact) mass is 624 g/mol. The highest BCUT2D eigenvalue weighted by molar-refractivity contribution is 14.1. The standard InChI is InChI=1S/C24H22ClIN4O6/c1-2-34-20-11-15(12-28-30-24(33)23(32)27-13-16-6-5-9-35-16)10-18(26)22(20)36-14-21(31)29-19-8-4-3-7-17(19)25/h3-12H,2,13-14H2,1H3,(H,27,32)(H,29,31)(H,30,33)/b28-12-. The zero-order chi connectivity index (χ0) is 25.9. The first kappa shape index (κ1) is 27.0. The molecule has 0 saturated heterocycles. The number of carbonyl (C=O) groups excluding carboxylic acids is 3.